The van der Waals surface area contributed by atoms with Gasteiger partial charge in [-0.2, -0.15) is 0 Å². The zero-order valence-corrected chi connectivity index (χ0v) is 9.07. The van der Waals surface area contributed by atoms with Crippen molar-refractivity contribution in [3.63, 3.8) is 0 Å². The van der Waals surface area contributed by atoms with Gasteiger partial charge in [-0.3, -0.25) is 0 Å². The molecule has 0 atom stereocenters. The van der Waals surface area contributed by atoms with Gasteiger partial charge in [-0.25, -0.2) is 0 Å². The first-order valence-corrected chi connectivity index (χ1v) is 5.30. The maximum absolute atomic E-state index is 5.39. The zero-order chi connectivity index (χ0) is 11.0. The molecule has 0 spiro atoms. The van der Waals surface area contributed by atoms with Crippen LogP contribution in [0.1, 0.15) is 5.56 Å². The van der Waals surface area contributed by atoms with Crippen molar-refractivity contribution in [3.8, 4) is 22.6 Å². The third-order valence-electron chi connectivity index (χ3n) is 2.80. The van der Waals surface area contributed by atoms with E-state index in [-0.39, 0.29) is 0 Å². The summed E-state index contributed by atoms with van der Waals surface area (Å²) in [5.74, 6) is 1.68. The second kappa shape index (κ2) is 3.56. The minimum atomic E-state index is 0.326. The van der Waals surface area contributed by atoms with E-state index in [0.29, 0.717) is 6.79 Å². The van der Waals surface area contributed by atoms with Crippen molar-refractivity contribution in [2.75, 3.05) is 6.79 Å². The van der Waals surface area contributed by atoms with Gasteiger partial charge < -0.3 is 9.47 Å². The molecule has 0 amide bonds. The molecule has 1 aliphatic heterocycles. The SMILES string of the molecule is Cc1cc2c(cc1-c1ccccc1)OCO2. The van der Waals surface area contributed by atoms with Crippen LogP contribution < -0.4 is 9.47 Å². The molecule has 0 aromatic heterocycles. The van der Waals surface area contributed by atoms with Gasteiger partial charge in [0.25, 0.3) is 0 Å². The lowest BCUT2D eigenvalue weighted by Gasteiger charge is -2.07. The summed E-state index contributed by atoms with van der Waals surface area (Å²) in [5.41, 5.74) is 3.61. The molecule has 16 heavy (non-hydrogen) atoms. The van der Waals surface area contributed by atoms with Gasteiger partial charge in [-0.1, -0.05) is 30.3 Å². The van der Waals surface area contributed by atoms with E-state index in [1.165, 1.54) is 16.7 Å². The Morgan fingerprint density at radius 1 is 0.938 bits per heavy atom. The van der Waals surface area contributed by atoms with Crippen molar-refractivity contribution >= 4 is 0 Å². The molecular weight excluding hydrogens is 200 g/mol. The fourth-order valence-electron chi connectivity index (χ4n) is 1.97. The maximum atomic E-state index is 5.39. The van der Waals surface area contributed by atoms with Crippen LogP contribution in [0.3, 0.4) is 0 Å². The fourth-order valence-corrected chi connectivity index (χ4v) is 1.97. The van der Waals surface area contributed by atoms with Gasteiger partial charge in [0.1, 0.15) is 0 Å². The van der Waals surface area contributed by atoms with Gasteiger partial charge in [-0.05, 0) is 35.7 Å². The Hall–Kier alpha value is -1.96. The van der Waals surface area contributed by atoms with E-state index in [2.05, 4.69) is 19.1 Å². The summed E-state index contributed by atoms with van der Waals surface area (Å²) < 4.78 is 10.7. The molecule has 0 saturated carbocycles. The molecule has 0 saturated heterocycles. The third-order valence-corrected chi connectivity index (χ3v) is 2.80. The van der Waals surface area contributed by atoms with Crippen molar-refractivity contribution in [1.29, 1.82) is 0 Å². The standard InChI is InChI=1S/C14H12O2/c1-10-7-13-14(16-9-15-13)8-12(10)11-5-3-2-4-6-11/h2-8H,9H2,1H3. The summed E-state index contributed by atoms with van der Waals surface area (Å²) in [5, 5.41) is 0. The highest BCUT2D eigenvalue weighted by Crippen LogP contribution is 2.38. The Morgan fingerprint density at radius 2 is 1.62 bits per heavy atom. The summed E-state index contributed by atoms with van der Waals surface area (Å²) in [6.45, 7) is 2.41. The Labute approximate surface area is 94.4 Å². The van der Waals surface area contributed by atoms with Crippen molar-refractivity contribution in [2.45, 2.75) is 6.92 Å². The predicted molar refractivity (Wildman–Crippen MR) is 62.7 cm³/mol. The highest BCUT2D eigenvalue weighted by atomic mass is 16.7. The molecular formula is C14H12O2. The van der Waals surface area contributed by atoms with Gasteiger partial charge in [0.15, 0.2) is 11.5 Å². The van der Waals surface area contributed by atoms with Crippen LogP contribution in [0.4, 0.5) is 0 Å². The summed E-state index contributed by atoms with van der Waals surface area (Å²) in [7, 11) is 0. The number of aryl methyl sites for hydroxylation is 1. The first-order chi connectivity index (χ1) is 7.84. The minimum Gasteiger partial charge on any atom is -0.454 e. The van der Waals surface area contributed by atoms with Crippen LogP contribution in [0.25, 0.3) is 11.1 Å². The van der Waals surface area contributed by atoms with E-state index >= 15 is 0 Å². The molecule has 2 nitrogen and oxygen atoms in total. The molecule has 2 aromatic rings. The van der Waals surface area contributed by atoms with Crippen LogP contribution in [-0.2, 0) is 0 Å². The first kappa shape index (κ1) is 9.28. The summed E-state index contributed by atoms with van der Waals surface area (Å²) in [6, 6.07) is 14.4. The average molecular weight is 212 g/mol. The van der Waals surface area contributed by atoms with E-state index in [4.69, 9.17) is 9.47 Å². The molecule has 2 aromatic carbocycles. The van der Waals surface area contributed by atoms with Crippen molar-refractivity contribution in [2.24, 2.45) is 0 Å². The average Bonchev–Trinajstić information content (AvgIpc) is 2.76. The molecule has 80 valence electrons. The number of benzene rings is 2. The molecule has 1 aliphatic rings. The normalized spacial score (nSPS) is 12.8. The van der Waals surface area contributed by atoms with Crippen LogP contribution in [0.5, 0.6) is 11.5 Å². The monoisotopic (exact) mass is 212 g/mol. The quantitative estimate of drug-likeness (QED) is 0.721. The third kappa shape index (κ3) is 1.43. The van der Waals surface area contributed by atoms with Gasteiger partial charge in [-0.15, -0.1) is 0 Å². The lowest BCUT2D eigenvalue weighted by molar-refractivity contribution is 0.174. The Bertz CT molecular complexity index is 518. The van der Waals surface area contributed by atoms with Crippen LogP contribution in [0.15, 0.2) is 42.5 Å². The fraction of sp³-hybridized carbons (Fsp3) is 0.143. The van der Waals surface area contributed by atoms with Crippen LogP contribution in [0.2, 0.25) is 0 Å². The molecule has 0 unspecified atom stereocenters. The van der Waals surface area contributed by atoms with E-state index in [1.54, 1.807) is 0 Å². The second-order valence-electron chi connectivity index (χ2n) is 3.89. The summed E-state index contributed by atoms with van der Waals surface area (Å²) in [6.07, 6.45) is 0. The second-order valence-corrected chi connectivity index (χ2v) is 3.89. The molecule has 0 fully saturated rings. The summed E-state index contributed by atoms with van der Waals surface area (Å²) >= 11 is 0. The van der Waals surface area contributed by atoms with Gasteiger partial charge in [0.2, 0.25) is 6.79 Å². The maximum Gasteiger partial charge on any atom is 0.231 e. The van der Waals surface area contributed by atoms with Crippen molar-refractivity contribution in [1.82, 2.24) is 0 Å². The number of hydrogen-bond donors (Lipinski definition) is 0. The number of rotatable bonds is 1. The first-order valence-electron chi connectivity index (χ1n) is 5.30. The Balaban J connectivity index is 2.15. The molecule has 0 N–H and O–H groups in total. The van der Waals surface area contributed by atoms with Gasteiger partial charge in [0, 0.05) is 0 Å². The van der Waals surface area contributed by atoms with Crippen LogP contribution >= 0.6 is 0 Å². The lowest BCUT2D eigenvalue weighted by Crippen LogP contribution is -1.92. The molecule has 1 heterocycles. The molecule has 2 heteroatoms. The van der Waals surface area contributed by atoms with E-state index in [9.17, 15) is 0 Å². The highest BCUT2D eigenvalue weighted by Gasteiger charge is 2.15. The Morgan fingerprint density at radius 3 is 2.38 bits per heavy atom. The topological polar surface area (TPSA) is 18.5 Å². The number of ether oxygens (including phenoxy) is 2. The van der Waals surface area contributed by atoms with Gasteiger partial charge in [0.05, 0.1) is 0 Å². The highest BCUT2D eigenvalue weighted by molar-refractivity contribution is 5.71. The van der Waals surface area contributed by atoms with Crippen LogP contribution in [0, 0.1) is 6.92 Å². The molecule has 0 aliphatic carbocycles. The minimum absolute atomic E-state index is 0.326. The number of fused-ring (bicyclic) bond motifs is 1. The lowest BCUT2D eigenvalue weighted by atomic mass is 10.00. The smallest absolute Gasteiger partial charge is 0.231 e. The van der Waals surface area contributed by atoms with E-state index in [1.807, 2.05) is 30.3 Å². The number of hydrogen-bond acceptors (Lipinski definition) is 2. The molecule has 0 radical (unpaired) electrons. The van der Waals surface area contributed by atoms with Crippen LogP contribution in [-0.4, -0.2) is 6.79 Å². The molecule has 0 bridgehead atoms. The zero-order valence-electron chi connectivity index (χ0n) is 9.07. The van der Waals surface area contributed by atoms with Crippen molar-refractivity contribution in [3.05, 3.63) is 48.0 Å². The van der Waals surface area contributed by atoms with Crippen molar-refractivity contribution < 1.29 is 9.47 Å². The van der Waals surface area contributed by atoms with E-state index in [0.717, 1.165) is 11.5 Å². The molecule has 3 rings (SSSR count). The Kier molecular flexibility index (Phi) is 2.07. The van der Waals surface area contributed by atoms with Gasteiger partial charge >= 0.3 is 0 Å². The van der Waals surface area contributed by atoms with E-state index < -0.39 is 0 Å². The largest absolute Gasteiger partial charge is 0.454 e. The predicted octanol–water partition coefficient (Wildman–Crippen LogP) is 3.39. The summed E-state index contributed by atoms with van der Waals surface area (Å²) in [4.78, 5) is 0.